The Balaban J connectivity index is 2.25. The molecule has 0 spiro atoms. The lowest BCUT2D eigenvalue weighted by atomic mass is 10.0. The fourth-order valence-corrected chi connectivity index (χ4v) is 3.72. The maximum Gasteiger partial charge on any atom is 0.261 e. The van der Waals surface area contributed by atoms with E-state index < -0.39 is 6.10 Å². The molecule has 0 fully saturated rings. The number of rotatable bonds is 5. The number of hydrogen-bond acceptors (Lipinski definition) is 4. The molecule has 2 atom stereocenters. The summed E-state index contributed by atoms with van der Waals surface area (Å²) < 4.78 is 2.38. The largest absolute Gasteiger partial charge is 0.391 e. The molecule has 3 aromatic rings. The van der Waals surface area contributed by atoms with Crippen molar-refractivity contribution in [3.63, 3.8) is 0 Å². The number of aromatic nitrogens is 3. The molecule has 126 valence electrons. The molecule has 0 amide bonds. The second-order valence-electron chi connectivity index (χ2n) is 5.94. The first-order valence-electron chi connectivity index (χ1n) is 8.20. The van der Waals surface area contributed by atoms with Gasteiger partial charge in [-0.2, -0.15) is 0 Å². The topological polar surface area (TPSA) is 68.0 Å². The van der Waals surface area contributed by atoms with E-state index in [9.17, 15) is 9.90 Å². The van der Waals surface area contributed by atoms with Crippen LogP contribution in [0.1, 0.15) is 39.2 Å². The van der Waals surface area contributed by atoms with E-state index in [-0.39, 0.29) is 11.6 Å². The van der Waals surface area contributed by atoms with Crippen molar-refractivity contribution in [2.45, 2.75) is 45.3 Å². The minimum Gasteiger partial charge on any atom is -0.391 e. The van der Waals surface area contributed by atoms with E-state index >= 15 is 0 Å². The number of halogens is 1. The Bertz CT molecular complexity index is 939. The minimum atomic E-state index is -0.557. The van der Waals surface area contributed by atoms with Gasteiger partial charge in [-0.25, -0.2) is 4.98 Å². The lowest BCUT2D eigenvalue weighted by Crippen LogP contribution is -2.32. The van der Waals surface area contributed by atoms with E-state index in [4.69, 9.17) is 0 Å². The van der Waals surface area contributed by atoms with E-state index in [0.29, 0.717) is 29.3 Å². The number of nitrogens with zero attached hydrogens (tertiary/aromatic N) is 3. The molecule has 0 aliphatic carbocycles. The molecule has 6 heteroatoms. The molecule has 0 unspecified atom stereocenters. The van der Waals surface area contributed by atoms with Crippen molar-refractivity contribution in [2.75, 3.05) is 0 Å². The van der Waals surface area contributed by atoms with E-state index in [2.05, 4.69) is 25.9 Å². The van der Waals surface area contributed by atoms with Gasteiger partial charge in [0.05, 0.1) is 29.4 Å². The van der Waals surface area contributed by atoms with Crippen LogP contribution in [0.15, 0.2) is 40.0 Å². The van der Waals surface area contributed by atoms with Gasteiger partial charge in [-0.05, 0) is 25.0 Å². The standard InChI is InChI=1S/C18H20BrN3O2/c1-3-6-15(23)14(4-2)22-10-21-17-12(18(22)24)9-13(19)11-7-5-8-20-16(11)17/h5,7-10,14-15,23H,3-4,6H2,1-2H3/t14-,15-/m0/s1. The third kappa shape index (κ3) is 2.84. The molecule has 1 N–H and O–H groups in total. The van der Waals surface area contributed by atoms with Crippen LogP contribution in [0.2, 0.25) is 0 Å². The van der Waals surface area contributed by atoms with Gasteiger partial charge in [0.25, 0.3) is 5.56 Å². The van der Waals surface area contributed by atoms with Crippen LogP contribution in [-0.2, 0) is 0 Å². The third-order valence-corrected chi connectivity index (χ3v) is 5.05. The van der Waals surface area contributed by atoms with Crippen LogP contribution < -0.4 is 5.56 Å². The van der Waals surface area contributed by atoms with Crippen LogP contribution in [0.5, 0.6) is 0 Å². The zero-order chi connectivity index (χ0) is 17.3. The fourth-order valence-electron chi connectivity index (χ4n) is 3.17. The highest BCUT2D eigenvalue weighted by molar-refractivity contribution is 9.10. The lowest BCUT2D eigenvalue weighted by molar-refractivity contribution is 0.0983. The first-order chi connectivity index (χ1) is 11.6. The second-order valence-corrected chi connectivity index (χ2v) is 6.80. The predicted octanol–water partition coefficient (Wildman–Crippen LogP) is 3.82. The number of aliphatic hydroxyl groups excluding tert-OH is 1. The average molecular weight is 390 g/mol. The molecule has 24 heavy (non-hydrogen) atoms. The Labute approximate surface area is 148 Å². The summed E-state index contributed by atoms with van der Waals surface area (Å²) >= 11 is 3.52. The van der Waals surface area contributed by atoms with Crippen molar-refractivity contribution in [3.05, 3.63) is 45.5 Å². The molecule has 0 saturated carbocycles. The molecule has 0 radical (unpaired) electrons. The van der Waals surface area contributed by atoms with Crippen molar-refractivity contribution in [1.82, 2.24) is 14.5 Å². The Morgan fingerprint density at radius 2 is 2.00 bits per heavy atom. The summed E-state index contributed by atoms with van der Waals surface area (Å²) in [6.45, 7) is 3.99. The lowest BCUT2D eigenvalue weighted by Gasteiger charge is -2.23. The SMILES string of the molecule is CCC[C@H](O)[C@H](CC)n1cnc2c(cc(Br)c3cccnc32)c1=O. The zero-order valence-electron chi connectivity index (χ0n) is 13.7. The molecule has 2 aromatic heterocycles. The van der Waals surface area contributed by atoms with Crippen molar-refractivity contribution in [2.24, 2.45) is 0 Å². The zero-order valence-corrected chi connectivity index (χ0v) is 15.3. The summed E-state index contributed by atoms with van der Waals surface area (Å²) in [5, 5.41) is 11.8. The van der Waals surface area contributed by atoms with Gasteiger partial charge in [-0.15, -0.1) is 0 Å². The normalized spacial score (nSPS) is 14.2. The summed E-state index contributed by atoms with van der Waals surface area (Å²) in [5.74, 6) is 0. The summed E-state index contributed by atoms with van der Waals surface area (Å²) in [4.78, 5) is 21.9. The number of pyridine rings is 1. The summed E-state index contributed by atoms with van der Waals surface area (Å²) in [6.07, 6.45) is 4.88. The Kier molecular flexibility index (Phi) is 4.96. The molecule has 3 rings (SSSR count). The van der Waals surface area contributed by atoms with Gasteiger partial charge in [0.2, 0.25) is 0 Å². The van der Waals surface area contributed by atoms with Crippen LogP contribution >= 0.6 is 15.9 Å². The van der Waals surface area contributed by atoms with Gasteiger partial charge >= 0.3 is 0 Å². The molecule has 0 aliphatic heterocycles. The van der Waals surface area contributed by atoms with Crippen molar-refractivity contribution >= 4 is 37.7 Å². The van der Waals surface area contributed by atoms with Gasteiger partial charge in [0.1, 0.15) is 5.52 Å². The molecule has 5 nitrogen and oxygen atoms in total. The number of benzene rings is 1. The molecule has 0 aliphatic rings. The first-order valence-corrected chi connectivity index (χ1v) is 8.99. The third-order valence-electron chi connectivity index (χ3n) is 4.40. The van der Waals surface area contributed by atoms with Crippen LogP contribution in [0, 0.1) is 0 Å². The van der Waals surface area contributed by atoms with E-state index in [1.807, 2.05) is 26.0 Å². The van der Waals surface area contributed by atoms with Crippen molar-refractivity contribution < 1.29 is 5.11 Å². The summed E-state index contributed by atoms with van der Waals surface area (Å²) in [7, 11) is 0. The molecule has 2 heterocycles. The monoisotopic (exact) mass is 389 g/mol. The molecule has 0 bridgehead atoms. The highest BCUT2D eigenvalue weighted by atomic mass is 79.9. The number of fused-ring (bicyclic) bond motifs is 3. The summed E-state index contributed by atoms with van der Waals surface area (Å²) in [6, 6.07) is 5.32. The summed E-state index contributed by atoms with van der Waals surface area (Å²) in [5.41, 5.74) is 1.15. The predicted molar refractivity (Wildman–Crippen MR) is 99.2 cm³/mol. The van der Waals surface area contributed by atoms with Crippen molar-refractivity contribution in [3.8, 4) is 0 Å². The van der Waals surface area contributed by atoms with E-state index in [1.54, 1.807) is 23.2 Å². The maximum absolute atomic E-state index is 13.0. The Morgan fingerprint density at radius 1 is 1.25 bits per heavy atom. The molecule has 1 aromatic carbocycles. The van der Waals surface area contributed by atoms with Gasteiger partial charge in [-0.3, -0.25) is 14.3 Å². The quantitative estimate of drug-likeness (QED) is 0.673. The van der Waals surface area contributed by atoms with Crippen LogP contribution in [0.4, 0.5) is 0 Å². The Hall–Kier alpha value is -1.79. The molecular formula is C18H20BrN3O2. The van der Waals surface area contributed by atoms with Crippen LogP contribution in [-0.4, -0.2) is 25.7 Å². The van der Waals surface area contributed by atoms with Crippen molar-refractivity contribution in [1.29, 1.82) is 0 Å². The first kappa shape index (κ1) is 17.0. The molecular weight excluding hydrogens is 370 g/mol. The Morgan fingerprint density at radius 3 is 2.71 bits per heavy atom. The van der Waals surface area contributed by atoms with Gasteiger partial charge in [0, 0.05) is 16.1 Å². The number of hydrogen-bond donors (Lipinski definition) is 1. The second kappa shape index (κ2) is 6.99. The number of aliphatic hydroxyl groups is 1. The van der Waals surface area contributed by atoms with E-state index in [0.717, 1.165) is 16.3 Å². The highest BCUT2D eigenvalue weighted by Gasteiger charge is 2.21. The average Bonchev–Trinajstić information content (AvgIpc) is 2.59. The maximum atomic E-state index is 13.0. The molecule has 0 saturated heterocycles. The van der Waals surface area contributed by atoms with Gasteiger partial charge < -0.3 is 5.11 Å². The highest BCUT2D eigenvalue weighted by Crippen LogP contribution is 2.28. The fraction of sp³-hybridized carbons (Fsp3) is 0.389. The van der Waals surface area contributed by atoms with E-state index in [1.165, 1.54) is 0 Å². The van der Waals surface area contributed by atoms with Gasteiger partial charge in [-0.1, -0.05) is 42.3 Å². The van der Waals surface area contributed by atoms with Crippen LogP contribution in [0.3, 0.4) is 0 Å². The smallest absolute Gasteiger partial charge is 0.261 e. The van der Waals surface area contributed by atoms with Gasteiger partial charge in [0.15, 0.2) is 0 Å². The van der Waals surface area contributed by atoms with Crippen LogP contribution in [0.25, 0.3) is 21.8 Å². The minimum absolute atomic E-state index is 0.143.